The molecule has 3 aromatic rings. The first-order chi connectivity index (χ1) is 16.3. The largest absolute Gasteiger partial charge is 0.481 e. The molecule has 0 fully saturated rings. The van der Waals surface area contributed by atoms with Crippen molar-refractivity contribution in [3.63, 3.8) is 0 Å². The van der Waals surface area contributed by atoms with Gasteiger partial charge in [0.2, 0.25) is 5.91 Å². The molecule has 0 radical (unpaired) electrons. The van der Waals surface area contributed by atoms with E-state index >= 15 is 0 Å². The van der Waals surface area contributed by atoms with Crippen molar-refractivity contribution in [1.82, 2.24) is 30.4 Å². The van der Waals surface area contributed by atoms with Crippen molar-refractivity contribution in [2.45, 2.75) is 24.9 Å². The molecule has 2 amide bonds. The number of ether oxygens (including phenoxy) is 1. The summed E-state index contributed by atoms with van der Waals surface area (Å²) in [5, 5.41) is 22.7. The number of nitrogens with one attached hydrogen (secondary N) is 1. The number of tetrazole rings is 1. The first kappa shape index (κ1) is 22.9. The van der Waals surface area contributed by atoms with E-state index < -0.39 is 30.4 Å². The van der Waals surface area contributed by atoms with E-state index in [1.807, 2.05) is 48.5 Å². The third-order valence-corrected chi connectivity index (χ3v) is 5.78. The van der Waals surface area contributed by atoms with E-state index in [-0.39, 0.29) is 19.1 Å². The second kappa shape index (κ2) is 9.69. The van der Waals surface area contributed by atoms with Crippen molar-refractivity contribution < 1.29 is 24.2 Å². The van der Waals surface area contributed by atoms with Crippen LogP contribution in [0, 0.1) is 0 Å². The molecule has 0 bridgehead atoms. The second-order valence-corrected chi connectivity index (χ2v) is 8.03. The van der Waals surface area contributed by atoms with Gasteiger partial charge in [0.25, 0.3) is 0 Å². The molecule has 176 valence electrons. The van der Waals surface area contributed by atoms with E-state index in [4.69, 9.17) is 4.74 Å². The van der Waals surface area contributed by atoms with Crippen molar-refractivity contribution >= 4 is 18.0 Å². The Morgan fingerprint density at radius 3 is 2.29 bits per heavy atom. The predicted octanol–water partition coefficient (Wildman–Crippen LogP) is 1.55. The van der Waals surface area contributed by atoms with Gasteiger partial charge >= 0.3 is 12.1 Å². The minimum Gasteiger partial charge on any atom is -0.481 e. The van der Waals surface area contributed by atoms with Gasteiger partial charge in [0, 0.05) is 20.0 Å². The maximum Gasteiger partial charge on any atom is 0.407 e. The average molecular weight is 464 g/mol. The van der Waals surface area contributed by atoms with Gasteiger partial charge in [-0.25, -0.2) is 9.48 Å². The van der Waals surface area contributed by atoms with Gasteiger partial charge < -0.3 is 20.1 Å². The Morgan fingerprint density at radius 1 is 1.12 bits per heavy atom. The van der Waals surface area contributed by atoms with Gasteiger partial charge in [0.05, 0.1) is 13.0 Å². The van der Waals surface area contributed by atoms with E-state index in [0.717, 1.165) is 22.3 Å². The van der Waals surface area contributed by atoms with Crippen LogP contribution in [0.5, 0.6) is 0 Å². The van der Waals surface area contributed by atoms with Crippen LogP contribution in [-0.4, -0.2) is 67.9 Å². The zero-order valence-electron chi connectivity index (χ0n) is 18.7. The molecule has 0 saturated heterocycles. The lowest BCUT2D eigenvalue weighted by Crippen LogP contribution is -2.48. The van der Waals surface area contributed by atoms with Crippen molar-refractivity contribution in [2.24, 2.45) is 7.05 Å². The summed E-state index contributed by atoms with van der Waals surface area (Å²) in [6, 6.07) is 14.5. The van der Waals surface area contributed by atoms with Crippen molar-refractivity contribution in [1.29, 1.82) is 0 Å². The molecule has 0 spiro atoms. The number of carboxylic acid groups (broad SMARTS) is 1. The Kier molecular flexibility index (Phi) is 6.53. The third kappa shape index (κ3) is 4.72. The number of aryl methyl sites for hydroxylation is 1. The molecule has 2 N–H and O–H groups in total. The van der Waals surface area contributed by atoms with Crippen LogP contribution in [0.3, 0.4) is 0 Å². The number of hydrogen-bond acceptors (Lipinski definition) is 7. The minimum atomic E-state index is -1.31. The van der Waals surface area contributed by atoms with E-state index in [1.54, 1.807) is 7.05 Å². The number of aliphatic carboxylic acids is 1. The third-order valence-electron chi connectivity index (χ3n) is 5.78. The molecular formula is C23H24N6O5. The summed E-state index contributed by atoms with van der Waals surface area (Å²) in [5.74, 6) is -1.58. The number of hydrogen-bond donors (Lipinski definition) is 2. The highest BCUT2D eigenvalue weighted by Gasteiger charge is 2.31. The number of nitrogens with zero attached hydrogens (tertiary/aromatic N) is 5. The average Bonchev–Trinajstić information content (AvgIpc) is 3.37. The first-order valence-corrected chi connectivity index (χ1v) is 10.6. The number of rotatable bonds is 8. The number of amides is 2. The fourth-order valence-electron chi connectivity index (χ4n) is 4.10. The molecule has 0 aliphatic heterocycles. The normalized spacial score (nSPS) is 13.0. The van der Waals surface area contributed by atoms with Crippen LogP contribution in [0.1, 0.15) is 29.3 Å². The van der Waals surface area contributed by atoms with Gasteiger partial charge in [-0.05, 0) is 32.7 Å². The molecule has 11 heteroatoms. The lowest BCUT2D eigenvalue weighted by molar-refractivity contribution is -0.142. The minimum absolute atomic E-state index is 0.0465. The highest BCUT2D eigenvalue weighted by molar-refractivity contribution is 5.89. The standard InChI is InChI=1S/C23H24N6O5/c1-28(12-20-25-26-27-29(20)2)22(32)19(11-21(30)31)24-23(33)34-13-18-16-9-5-3-7-14(16)15-8-4-6-10-17(15)18/h3-10,18-19H,11-13H2,1-2H3,(H,24,33)(H,30,31). The van der Waals surface area contributed by atoms with Gasteiger partial charge in [-0.2, -0.15) is 0 Å². The highest BCUT2D eigenvalue weighted by Crippen LogP contribution is 2.44. The van der Waals surface area contributed by atoms with Crippen LogP contribution < -0.4 is 5.32 Å². The SMILES string of the molecule is CN(Cc1nnnn1C)C(=O)C(CC(=O)O)NC(=O)OCC1c2ccccc2-c2ccccc21. The number of fused-ring (bicyclic) bond motifs is 3. The van der Waals surface area contributed by atoms with E-state index in [1.165, 1.54) is 16.6 Å². The zero-order chi connectivity index (χ0) is 24.2. The van der Waals surface area contributed by atoms with Gasteiger partial charge in [-0.3, -0.25) is 9.59 Å². The molecule has 34 heavy (non-hydrogen) atoms. The summed E-state index contributed by atoms with van der Waals surface area (Å²) in [5.41, 5.74) is 4.27. The number of carboxylic acids is 1. The Labute approximate surface area is 195 Å². The Balaban J connectivity index is 1.42. The molecular weight excluding hydrogens is 440 g/mol. The Morgan fingerprint density at radius 2 is 1.74 bits per heavy atom. The smallest absolute Gasteiger partial charge is 0.407 e. The number of carbonyl (C=O) groups excluding carboxylic acids is 2. The number of benzene rings is 2. The summed E-state index contributed by atoms with van der Waals surface area (Å²) in [7, 11) is 3.10. The number of alkyl carbamates (subject to hydrolysis) is 1. The fraction of sp³-hybridized carbons (Fsp3) is 0.304. The van der Waals surface area contributed by atoms with Crippen LogP contribution >= 0.6 is 0 Å². The lowest BCUT2D eigenvalue weighted by atomic mass is 9.98. The Hall–Kier alpha value is -4.28. The molecule has 2 aromatic carbocycles. The first-order valence-electron chi connectivity index (χ1n) is 10.6. The van der Waals surface area contributed by atoms with Gasteiger partial charge in [0.1, 0.15) is 12.6 Å². The molecule has 1 unspecified atom stereocenters. The number of likely N-dealkylation sites (N-methyl/N-ethyl adjacent to an activating group) is 1. The van der Waals surface area contributed by atoms with Crippen LogP contribution in [0.25, 0.3) is 11.1 Å². The lowest BCUT2D eigenvalue weighted by Gasteiger charge is -2.23. The molecule has 1 heterocycles. The topological polar surface area (TPSA) is 140 Å². The molecule has 1 aliphatic rings. The van der Waals surface area contributed by atoms with Crippen molar-refractivity contribution in [3.8, 4) is 11.1 Å². The van der Waals surface area contributed by atoms with Crippen LogP contribution in [0.4, 0.5) is 4.79 Å². The van der Waals surface area contributed by atoms with Gasteiger partial charge in [0.15, 0.2) is 5.82 Å². The summed E-state index contributed by atoms with van der Waals surface area (Å²) < 4.78 is 6.85. The fourth-order valence-corrected chi connectivity index (χ4v) is 4.10. The molecule has 1 atom stereocenters. The van der Waals surface area contributed by atoms with E-state index in [2.05, 4.69) is 20.8 Å². The van der Waals surface area contributed by atoms with Gasteiger partial charge in [-0.15, -0.1) is 5.10 Å². The van der Waals surface area contributed by atoms with E-state index in [9.17, 15) is 19.5 Å². The number of aromatic nitrogens is 4. The van der Waals surface area contributed by atoms with E-state index in [0.29, 0.717) is 5.82 Å². The molecule has 1 aliphatic carbocycles. The zero-order valence-corrected chi connectivity index (χ0v) is 18.7. The van der Waals surface area contributed by atoms with Crippen LogP contribution in [0.15, 0.2) is 48.5 Å². The molecule has 0 saturated carbocycles. The molecule has 4 rings (SSSR count). The van der Waals surface area contributed by atoms with Crippen molar-refractivity contribution in [2.75, 3.05) is 13.7 Å². The number of carbonyl (C=O) groups is 3. The summed E-state index contributed by atoms with van der Waals surface area (Å²) in [4.78, 5) is 38.0. The molecule has 11 nitrogen and oxygen atoms in total. The van der Waals surface area contributed by atoms with Crippen molar-refractivity contribution in [3.05, 3.63) is 65.5 Å². The Bertz CT molecular complexity index is 1180. The summed E-state index contributed by atoms with van der Waals surface area (Å²) in [6.07, 6.45) is -1.46. The highest BCUT2D eigenvalue weighted by atomic mass is 16.5. The van der Waals surface area contributed by atoms with Gasteiger partial charge in [-0.1, -0.05) is 48.5 Å². The summed E-state index contributed by atoms with van der Waals surface area (Å²) in [6.45, 7) is 0.0963. The second-order valence-electron chi connectivity index (χ2n) is 8.03. The summed E-state index contributed by atoms with van der Waals surface area (Å²) >= 11 is 0. The quantitative estimate of drug-likeness (QED) is 0.512. The monoisotopic (exact) mass is 464 g/mol. The predicted molar refractivity (Wildman–Crippen MR) is 120 cm³/mol. The maximum atomic E-state index is 12.9. The molecule has 1 aromatic heterocycles. The maximum absolute atomic E-state index is 12.9. The van der Waals surface area contributed by atoms with Crippen LogP contribution in [-0.2, 0) is 27.9 Å². The van der Waals surface area contributed by atoms with Crippen LogP contribution in [0.2, 0.25) is 0 Å².